The van der Waals surface area contributed by atoms with Gasteiger partial charge in [0, 0.05) is 0 Å². The summed E-state index contributed by atoms with van der Waals surface area (Å²) in [5.74, 6) is 0. The van der Waals surface area contributed by atoms with Gasteiger partial charge in [-0.3, -0.25) is 0 Å². The van der Waals surface area contributed by atoms with Gasteiger partial charge in [0.25, 0.3) is 0 Å². The van der Waals surface area contributed by atoms with Gasteiger partial charge in [0.15, 0.2) is 0 Å². The summed E-state index contributed by atoms with van der Waals surface area (Å²) >= 11 is 1.08. The maximum atomic E-state index is 2.28. The molecule has 0 aliphatic carbocycles. The van der Waals surface area contributed by atoms with Crippen LogP contribution in [0.4, 0.5) is 0 Å². The van der Waals surface area contributed by atoms with Gasteiger partial charge < -0.3 is 0 Å². The zero-order valence-electron chi connectivity index (χ0n) is 19.7. The smallest absolute Gasteiger partial charge is 0.172 e. The molecular formula is C33H28Hf. The molecular weight excluding hydrogens is 575 g/mol. The first-order chi connectivity index (χ1) is 16.6. The van der Waals surface area contributed by atoms with Crippen molar-refractivity contribution >= 4 is 24.8 Å². The van der Waals surface area contributed by atoms with Crippen LogP contribution in [0.3, 0.4) is 0 Å². The maximum Gasteiger partial charge on any atom is -0.172 e. The first-order valence-electron chi connectivity index (χ1n) is 11.5. The Bertz CT molecular complexity index is 1340. The van der Waals surface area contributed by atoms with Gasteiger partial charge in [-0.05, 0) is 13.8 Å². The number of rotatable bonds is 2. The van der Waals surface area contributed by atoms with E-state index in [-0.39, 0.29) is 0 Å². The molecule has 0 fully saturated rings. The molecule has 0 nitrogen and oxygen atoms in total. The molecule has 6 rings (SSSR count). The summed E-state index contributed by atoms with van der Waals surface area (Å²) in [7, 11) is 0. The summed E-state index contributed by atoms with van der Waals surface area (Å²) in [6, 6.07) is 46.8. The van der Waals surface area contributed by atoms with Gasteiger partial charge in [-0.2, -0.15) is 18.2 Å². The molecule has 0 spiro atoms. The standard InChI is InChI=1S/C15H13.C13H10.C5H5.Hf/c1-10-3-5-14-12(7-10)9-13-8-11(2)4-6-15(13)14;1-3-7-12(8-4-1)11-13-9-5-2-6-10-13;1-2-4-5-3-1;/h3-9H,1-2H3;1-10H;1-5H;/q-1;;-1;+2. The van der Waals surface area contributed by atoms with Crippen molar-refractivity contribution in [2.45, 2.75) is 13.8 Å². The summed E-state index contributed by atoms with van der Waals surface area (Å²) in [6.07, 6.45) is 0. The van der Waals surface area contributed by atoms with Crippen molar-refractivity contribution in [3.63, 3.8) is 0 Å². The van der Waals surface area contributed by atoms with Gasteiger partial charge in [-0.25, -0.2) is 12.1 Å². The fourth-order valence-electron chi connectivity index (χ4n) is 3.96. The average Bonchev–Trinajstić information content (AvgIpc) is 3.56. The minimum absolute atomic E-state index is 1.08. The molecule has 34 heavy (non-hydrogen) atoms. The molecule has 6 aromatic carbocycles. The summed E-state index contributed by atoms with van der Waals surface area (Å²) in [4.78, 5) is 0. The topological polar surface area (TPSA) is 0 Å². The monoisotopic (exact) mass is 604 g/mol. The van der Waals surface area contributed by atoms with E-state index in [9.17, 15) is 0 Å². The molecule has 0 radical (unpaired) electrons. The third-order valence-electron chi connectivity index (χ3n) is 5.70. The van der Waals surface area contributed by atoms with Crippen molar-refractivity contribution in [2.24, 2.45) is 0 Å². The first-order valence-corrected chi connectivity index (χ1v) is 13.3. The Morgan fingerprint density at radius 3 is 1.38 bits per heavy atom. The molecule has 1 heteroatoms. The van der Waals surface area contributed by atoms with Crippen LogP contribution in [0.15, 0.2) is 133 Å². The predicted octanol–water partition coefficient (Wildman–Crippen LogP) is 8.54. The van der Waals surface area contributed by atoms with Crippen LogP contribution in [-0.2, 0) is 23.9 Å². The molecule has 0 heterocycles. The van der Waals surface area contributed by atoms with E-state index in [2.05, 4.69) is 117 Å². The van der Waals surface area contributed by atoms with Crippen molar-refractivity contribution in [1.29, 1.82) is 0 Å². The van der Waals surface area contributed by atoms with E-state index in [1.165, 1.54) is 47.1 Å². The van der Waals surface area contributed by atoms with E-state index < -0.39 is 0 Å². The Morgan fingerprint density at radius 1 is 0.559 bits per heavy atom. The SMILES string of the molecule is Cc1ccc2c(c1)[cH-]c1cc(C)ccc12.[Hf+2]=[C](c1ccccc1)c1ccccc1.c1cc[cH-]c1. The van der Waals surface area contributed by atoms with E-state index in [4.69, 9.17) is 0 Å². The Labute approximate surface area is 217 Å². The van der Waals surface area contributed by atoms with E-state index in [1.807, 2.05) is 30.3 Å². The number of hydrogen-bond acceptors (Lipinski definition) is 0. The Balaban J connectivity index is 0.000000134. The van der Waals surface area contributed by atoms with Gasteiger partial charge in [0.2, 0.25) is 0 Å². The van der Waals surface area contributed by atoms with Gasteiger partial charge >= 0.3 is 98.9 Å². The van der Waals surface area contributed by atoms with Crippen LogP contribution in [0.5, 0.6) is 0 Å². The van der Waals surface area contributed by atoms with Gasteiger partial charge in [0.05, 0.1) is 0 Å². The number of aryl methyl sites for hydroxylation is 2. The fraction of sp³-hybridized carbons (Fsp3) is 0.0606. The molecule has 0 aliphatic heterocycles. The minimum atomic E-state index is 1.08. The summed E-state index contributed by atoms with van der Waals surface area (Å²) in [5, 5.41) is 5.46. The van der Waals surface area contributed by atoms with Crippen LogP contribution in [0.1, 0.15) is 22.3 Å². The van der Waals surface area contributed by atoms with Gasteiger partial charge in [-0.1, -0.05) is 35.4 Å². The molecule has 0 saturated heterocycles. The number of benzene rings is 4. The van der Waals surface area contributed by atoms with E-state index >= 15 is 0 Å². The Hall–Kier alpha value is -3.16. The molecule has 0 bridgehead atoms. The second-order valence-corrected chi connectivity index (χ2v) is 10.2. The number of fused-ring (bicyclic) bond motifs is 3. The quantitative estimate of drug-likeness (QED) is 0.138. The van der Waals surface area contributed by atoms with Crippen molar-refractivity contribution < 1.29 is 23.9 Å². The maximum absolute atomic E-state index is 2.28. The average molecular weight is 603 g/mol. The Morgan fingerprint density at radius 2 is 1.00 bits per heavy atom. The van der Waals surface area contributed by atoms with Crippen molar-refractivity contribution in [3.8, 4) is 0 Å². The van der Waals surface area contributed by atoms with Crippen LogP contribution in [-0.4, -0.2) is 3.26 Å². The molecule has 0 unspecified atom stereocenters. The minimum Gasteiger partial charge on any atom is -0.214 e. The molecule has 0 saturated carbocycles. The summed E-state index contributed by atoms with van der Waals surface area (Å²) < 4.78 is 1.46. The third kappa shape index (κ3) is 6.24. The molecule has 0 N–H and O–H groups in total. The molecule has 0 aliphatic rings. The molecule has 0 atom stereocenters. The molecule has 6 aromatic rings. The van der Waals surface area contributed by atoms with Crippen LogP contribution < -0.4 is 0 Å². The van der Waals surface area contributed by atoms with Crippen LogP contribution in [0.2, 0.25) is 0 Å². The first kappa shape index (κ1) is 24.0. The van der Waals surface area contributed by atoms with Gasteiger partial charge in [-0.15, -0.1) is 39.7 Å². The fourth-order valence-corrected chi connectivity index (χ4v) is 5.16. The molecule has 0 aromatic heterocycles. The van der Waals surface area contributed by atoms with Crippen molar-refractivity contribution in [1.82, 2.24) is 0 Å². The zero-order chi connectivity index (χ0) is 23.8. The van der Waals surface area contributed by atoms with Crippen LogP contribution in [0.25, 0.3) is 21.5 Å². The normalized spacial score (nSPS) is 10.2. The van der Waals surface area contributed by atoms with Crippen molar-refractivity contribution in [3.05, 3.63) is 156 Å². The Kier molecular flexibility index (Phi) is 8.33. The second kappa shape index (κ2) is 11.8. The van der Waals surface area contributed by atoms with E-state index in [0.29, 0.717) is 0 Å². The second-order valence-electron chi connectivity index (χ2n) is 8.40. The number of hydrogen-bond donors (Lipinski definition) is 0. The van der Waals surface area contributed by atoms with Crippen LogP contribution >= 0.6 is 0 Å². The summed E-state index contributed by atoms with van der Waals surface area (Å²) in [6.45, 7) is 4.28. The third-order valence-corrected chi connectivity index (χ3v) is 7.77. The van der Waals surface area contributed by atoms with E-state index in [0.717, 1.165) is 23.9 Å². The largest absolute Gasteiger partial charge is 0.214 e. The molecule has 164 valence electrons. The summed E-state index contributed by atoms with van der Waals surface area (Å²) in [5.41, 5.74) is 5.36. The van der Waals surface area contributed by atoms with Crippen LogP contribution in [0, 0.1) is 13.8 Å². The molecule has 0 amide bonds. The predicted molar refractivity (Wildman–Crippen MR) is 145 cm³/mol. The van der Waals surface area contributed by atoms with Crippen molar-refractivity contribution in [2.75, 3.05) is 0 Å². The van der Waals surface area contributed by atoms with E-state index in [1.54, 1.807) is 0 Å². The zero-order valence-corrected chi connectivity index (χ0v) is 23.3. The van der Waals surface area contributed by atoms with Gasteiger partial charge in [0.1, 0.15) is 0 Å².